The molecule has 1 aliphatic rings. The van der Waals surface area contributed by atoms with Gasteiger partial charge in [0.2, 0.25) is 0 Å². The molecule has 27 heavy (non-hydrogen) atoms. The van der Waals surface area contributed by atoms with Gasteiger partial charge in [0, 0.05) is 34.9 Å². The second-order valence-electron chi connectivity index (χ2n) is 6.33. The molecule has 2 aromatic carbocycles. The Bertz CT molecular complexity index is 1010. The summed E-state index contributed by atoms with van der Waals surface area (Å²) >= 11 is 0. The molecule has 0 radical (unpaired) electrons. The van der Waals surface area contributed by atoms with E-state index < -0.39 is 6.09 Å². The van der Waals surface area contributed by atoms with Crippen LogP contribution >= 0.6 is 0 Å². The van der Waals surface area contributed by atoms with Gasteiger partial charge in [-0.1, -0.05) is 6.07 Å². The summed E-state index contributed by atoms with van der Waals surface area (Å²) in [7, 11) is 0. The lowest BCUT2D eigenvalue weighted by Crippen LogP contribution is -2.27. The highest BCUT2D eigenvalue weighted by atomic mass is 19.1. The highest BCUT2D eigenvalue weighted by Crippen LogP contribution is 2.21. The molecule has 2 amide bonds. The maximum Gasteiger partial charge on any atom is 0.414 e. The van der Waals surface area contributed by atoms with Crippen LogP contribution in [0.4, 0.5) is 14.9 Å². The Balaban J connectivity index is 1.40. The predicted octanol–water partition coefficient (Wildman–Crippen LogP) is 3.24. The number of carbonyl (C=O) groups excluding carboxylic acids is 2. The number of ether oxygens (including phenoxy) is 1. The summed E-state index contributed by atoms with van der Waals surface area (Å²) in [5.41, 5.74) is 2.87. The minimum atomic E-state index is -0.400. The molecule has 1 fully saturated rings. The zero-order valence-corrected chi connectivity index (χ0v) is 14.5. The SMILES string of the molecule is O=C(NCCc1c[nH]c2cc(F)ccc12)c1cccc(N2CCOC2=O)c1. The number of carbonyl (C=O) groups is 2. The number of rotatable bonds is 5. The van der Waals surface area contributed by atoms with E-state index in [0.717, 1.165) is 16.5 Å². The lowest BCUT2D eigenvalue weighted by atomic mass is 10.1. The molecule has 0 spiro atoms. The van der Waals surface area contributed by atoms with Gasteiger partial charge < -0.3 is 15.0 Å². The topological polar surface area (TPSA) is 74.4 Å². The molecule has 0 atom stereocenters. The Morgan fingerprint density at radius 1 is 1.26 bits per heavy atom. The van der Waals surface area contributed by atoms with Crippen LogP contribution < -0.4 is 10.2 Å². The number of hydrogen-bond donors (Lipinski definition) is 2. The van der Waals surface area contributed by atoms with Crippen LogP contribution in [0.25, 0.3) is 10.9 Å². The molecule has 1 aromatic heterocycles. The molecule has 2 N–H and O–H groups in total. The second kappa shape index (κ2) is 7.11. The minimum Gasteiger partial charge on any atom is -0.447 e. The van der Waals surface area contributed by atoms with Gasteiger partial charge in [-0.15, -0.1) is 0 Å². The van der Waals surface area contributed by atoms with Crippen LogP contribution in [0.2, 0.25) is 0 Å². The summed E-state index contributed by atoms with van der Waals surface area (Å²) in [6, 6.07) is 11.5. The van der Waals surface area contributed by atoms with E-state index in [1.165, 1.54) is 17.0 Å². The first-order valence-corrected chi connectivity index (χ1v) is 8.70. The maximum absolute atomic E-state index is 13.3. The van der Waals surface area contributed by atoms with Crippen molar-refractivity contribution in [3.8, 4) is 0 Å². The third kappa shape index (κ3) is 3.48. The van der Waals surface area contributed by atoms with Crippen molar-refractivity contribution < 1.29 is 18.7 Å². The monoisotopic (exact) mass is 367 g/mol. The van der Waals surface area contributed by atoms with Crippen LogP contribution in [0.3, 0.4) is 0 Å². The molecular formula is C20H18FN3O3. The highest BCUT2D eigenvalue weighted by molar-refractivity contribution is 5.97. The summed E-state index contributed by atoms with van der Waals surface area (Å²) < 4.78 is 18.2. The first-order valence-electron chi connectivity index (χ1n) is 8.70. The molecule has 0 unspecified atom stereocenters. The molecule has 0 saturated carbocycles. The predicted molar refractivity (Wildman–Crippen MR) is 99.4 cm³/mol. The Morgan fingerprint density at radius 3 is 2.96 bits per heavy atom. The van der Waals surface area contributed by atoms with Gasteiger partial charge in [0.15, 0.2) is 0 Å². The maximum atomic E-state index is 13.3. The fraction of sp³-hybridized carbons (Fsp3) is 0.200. The van der Waals surface area contributed by atoms with Crippen molar-refractivity contribution in [1.29, 1.82) is 0 Å². The normalized spacial score (nSPS) is 13.8. The van der Waals surface area contributed by atoms with E-state index in [1.54, 1.807) is 30.3 Å². The van der Waals surface area contributed by atoms with Crippen molar-refractivity contribution in [2.45, 2.75) is 6.42 Å². The Labute approximate surface area is 154 Å². The lowest BCUT2D eigenvalue weighted by molar-refractivity contribution is 0.0954. The molecular weight excluding hydrogens is 349 g/mol. The Hall–Kier alpha value is -3.35. The number of nitrogens with zero attached hydrogens (tertiary/aromatic N) is 1. The second-order valence-corrected chi connectivity index (χ2v) is 6.33. The molecule has 0 bridgehead atoms. The molecule has 4 rings (SSSR count). The first-order chi connectivity index (χ1) is 13.1. The van der Waals surface area contributed by atoms with Crippen LogP contribution in [-0.4, -0.2) is 36.7 Å². The van der Waals surface area contributed by atoms with E-state index in [0.29, 0.717) is 37.4 Å². The number of aromatic amines is 1. The number of H-pyrrole nitrogens is 1. The summed E-state index contributed by atoms with van der Waals surface area (Å²) in [5, 5.41) is 3.83. The fourth-order valence-electron chi connectivity index (χ4n) is 3.22. The first kappa shape index (κ1) is 17.1. The summed E-state index contributed by atoms with van der Waals surface area (Å²) in [4.78, 5) is 28.6. The van der Waals surface area contributed by atoms with Gasteiger partial charge in [-0.25, -0.2) is 9.18 Å². The van der Waals surface area contributed by atoms with E-state index >= 15 is 0 Å². The van der Waals surface area contributed by atoms with Gasteiger partial charge in [0.1, 0.15) is 12.4 Å². The van der Waals surface area contributed by atoms with E-state index in [-0.39, 0.29) is 11.7 Å². The van der Waals surface area contributed by atoms with Gasteiger partial charge in [-0.05, 0) is 48.4 Å². The average molecular weight is 367 g/mol. The summed E-state index contributed by atoms with van der Waals surface area (Å²) in [6.45, 7) is 1.27. The van der Waals surface area contributed by atoms with Crippen LogP contribution in [-0.2, 0) is 11.2 Å². The van der Waals surface area contributed by atoms with Crippen LogP contribution in [0.5, 0.6) is 0 Å². The van der Waals surface area contributed by atoms with Crippen molar-refractivity contribution in [3.63, 3.8) is 0 Å². The van der Waals surface area contributed by atoms with E-state index in [4.69, 9.17) is 4.74 Å². The highest BCUT2D eigenvalue weighted by Gasteiger charge is 2.24. The Kier molecular flexibility index (Phi) is 4.50. The molecule has 7 heteroatoms. The number of fused-ring (bicyclic) bond motifs is 1. The van der Waals surface area contributed by atoms with Crippen molar-refractivity contribution >= 4 is 28.6 Å². The number of anilines is 1. The third-order valence-electron chi connectivity index (χ3n) is 4.59. The molecule has 138 valence electrons. The molecule has 6 nitrogen and oxygen atoms in total. The van der Waals surface area contributed by atoms with E-state index in [9.17, 15) is 14.0 Å². The van der Waals surface area contributed by atoms with Crippen LogP contribution in [0, 0.1) is 5.82 Å². The molecule has 3 aromatic rings. The average Bonchev–Trinajstić information content (AvgIpc) is 3.27. The number of amides is 2. The van der Waals surface area contributed by atoms with E-state index in [1.807, 2.05) is 6.20 Å². The third-order valence-corrected chi connectivity index (χ3v) is 4.59. The number of benzene rings is 2. The zero-order chi connectivity index (χ0) is 18.8. The van der Waals surface area contributed by atoms with Crippen molar-refractivity contribution in [2.75, 3.05) is 24.6 Å². The van der Waals surface area contributed by atoms with Gasteiger partial charge in [0.25, 0.3) is 5.91 Å². The lowest BCUT2D eigenvalue weighted by Gasteiger charge is -2.13. The minimum absolute atomic E-state index is 0.213. The van der Waals surface area contributed by atoms with Gasteiger partial charge in [-0.3, -0.25) is 9.69 Å². The number of aromatic nitrogens is 1. The number of halogens is 1. The number of cyclic esters (lactones) is 1. The molecule has 2 heterocycles. The molecule has 1 aliphatic heterocycles. The van der Waals surface area contributed by atoms with Crippen LogP contribution in [0.1, 0.15) is 15.9 Å². The van der Waals surface area contributed by atoms with Crippen molar-refractivity contribution in [1.82, 2.24) is 10.3 Å². The smallest absolute Gasteiger partial charge is 0.414 e. The molecule has 0 aliphatic carbocycles. The standard InChI is InChI=1S/C20H18FN3O3/c21-15-4-5-17-14(12-23-18(17)11-15)6-7-22-19(25)13-2-1-3-16(10-13)24-8-9-27-20(24)26/h1-5,10-12,23H,6-9H2,(H,22,25). The zero-order valence-electron chi connectivity index (χ0n) is 14.5. The van der Waals surface area contributed by atoms with Crippen molar-refractivity contribution in [3.05, 3.63) is 65.6 Å². The fourth-order valence-corrected chi connectivity index (χ4v) is 3.22. The molecule has 1 saturated heterocycles. The van der Waals surface area contributed by atoms with Gasteiger partial charge >= 0.3 is 6.09 Å². The Morgan fingerprint density at radius 2 is 2.15 bits per heavy atom. The van der Waals surface area contributed by atoms with Gasteiger partial charge in [-0.2, -0.15) is 0 Å². The van der Waals surface area contributed by atoms with Gasteiger partial charge in [0.05, 0.1) is 6.54 Å². The number of nitrogens with one attached hydrogen (secondary N) is 2. The quantitative estimate of drug-likeness (QED) is 0.727. The largest absolute Gasteiger partial charge is 0.447 e. The number of hydrogen-bond acceptors (Lipinski definition) is 3. The summed E-state index contributed by atoms with van der Waals surface area (Å²) in [5.74, 6) is -0.499. The van der Waals surface area contributed by atoms with Crippen molar-refractivity contribution in [2.24, 2.45) is 0 Å². The summed E-state index contributed by atoms with van der Waals surface area (Å²) in [6.07, 6.45) is 2.05. The van der Waals surface area contributed by atoms with E-state index in [2.05, 4.69) is 10.3 Å². The van der Waals surface area contributed by atoms with Crippen LogP contribution in [0.15, 0.2) is 48.7 Å².